The fourth-order valence-electron chi connectivity index (χ4n) is 3.95. The van der Waals surface area contributed by atoms with Crippen LogP contribution in [0, 0.1) is 10.1 Å². The lowest BCUT2D eigenvalue weighted by molar-refractivity contribution is -0.384. The van der Waals surface area contributed by atoms with Crippen molar-refractivity contribution in [3.63, 3.8) is 0 Å². The molecule has 140 valence electrons. The fraction of sp³-hybridized carbons (Fsp3) is 0. The smallest absolute Gasteiger partial charge is 0.288 e. The minimum absolute atomic E-state index is 0.0961. The van der Waals surface area contributed by atoms with Crippen molar-refractivity contribution < 1.29 is 4.92 Å². The summed E-state index contributed by atoms with van der Waals surface area (Å²) >= 11 is 6.46. The van der Waals surface area contributed by atoms with Gasteiger partial charge in [0.25, 0.3) is 5.69 Å². The van der Waals surface area contributed by atoms with Crippen molar-refractivity contribution in [1.29, 1.82) is 0 Å². The Labute approximate surface area is 171 Å². The fourth-order valence-corrected chi connectivity index (χ4v) is 4.24. The van der Waals surface area contributed by atoms with Crippen LogP contribution in [0.25, 0.3) is 38.6 Å². The van der Waals surface area contributed by atoms with Crippen LogP contribution in [-0.4, -0.2) is 9.49 Å². The van der Waals surface area contributed by atoms with Gasteiger partial charge in [-0.25, -0.2) is 0 Å². The largest absolute Gasteiger partial charge is 0.309 e. The van der Waals surface area contributed by atoms with Gasteiger partial charge < -0.3 is 4.57 Å². The first-order valence-corrected chi connectivity index (χ1v) is 9.55. The van der Waals surface area contributed by atoms with Gasteiger partial charge in [0.15, 0.2) is 0 Å². The molecule has 4 nitrogen and oxygen atoms in total. The lowest BCUT2D eigenvalue weighted by Gasteiger charge is -2.14. The Kier molecular flexibility index (Phi) is 4.07. The van der Waals surface area contributed by atoms with Crippen LogP contribution >= 0.6 is 11.6 Å². The first-order valence-electron chi connectivity index (χ1n) is 9.17. The molecule has 0 spiro atoms. The van der Waals surface area contributed by atoms with E-state index >= 15 is 0 Å². The van der Waals surface area contributed by atoms with Crippen LogP contribution in [0.15, 0.2) is 91.0 Å². The molecule has 0 aliphatic heterocycles. The van der Waals surface area contributed by atoms with Crippen molar-refractivity contribution >= 4 is 39.1 Å². The van der Waals surface area contributed by atoms with Gasteiger partial charge in [0.05, 0.1) is 21.6 Å². The second-order valence-electron chi connectivity index (χ2n) is 6.78. The molecule has 29 heavy (non-hydrogen) atoms. The van der Waals surface area contributed by atoms with E-state index in [1.807, 2.05) is 54.6 Å². The van der Waals surface area contributed by atoms with E-state index in [1.165, 1.54) is 6.07 Å². The van der Waals surface area contributed by atoms with E-state index < -0.39 is 4.92 Å². The Morgan fingerprint density at radius 2 is 1.24 bits per heavy atom. The molecule has 5 rings (SSSR count). The number of hydrogen-bond donors (Lipinski definition) is 0. The summed E-state index contributed by atoms with van der Waals surface area (Å²) in [6.45, 7) is 0. The SMILES string of the molecule is O=[N+]([O-])c1cccc(-c2ccccc2-n2c3ccccc3c3ccccc32)c1Cl. The minimum atomic E-state index is -0.450. The first-order chi connectivity index (χ1) is 14.2. The Bertz CT molecular complexity index is 1350. The van der Waals surface area contributed by atoms with Gasteiger partial charge >= 0.3 is 0 Å². The lowest BCUT2D eigenvalue weighted by Crippen LogP contribution is -1.98. The molecule has 0 amide bonds. The molecular weight excluding hydrogens is 384 g/mol. The van der Waals surface area contributed by atoms with Gasteiger partial charge in [-0.15, -0.1) is 0 Å². The highest BCUT2D eigenvalue weighted by atomic mass is 35.5. The number of rotatable bonds is 3. The molecule has 1 aromatic heterocycles. The molecular formula is C24H15ClN2O2. The summed E-state index contributed by atoms with van der Waals surface area (Å²) < 4.78 is 2.19. The van der Waals surface area contributed by atoms with Crippen LogP contribution in [-0.2, 0) is 0 Å². The number of halogens is 1. The molecule has 0 saturated carbocycles. The summed E-state index contributed by atoms with van der Waals surface area (Å²) in [6, 6.07) is 29.2. The van der Waals surface area contributed by atoms with E-state index in [1.54, 1.807) is 6.07 Å². The van der Waals surface area contributed by atoms with E-state index in [9.17, 15) is 10.1 Å². The molecule has 1 heterocycles. The third-order valence-electron chi connectivity index (χ3n) is 5.19. The van der Waals surface area contributed by atoms with Gasteiger partial charge in [-0.05, 0) is 18.2 Å². The molecule has 0 aliphatic carbocycles. The van der Waals surface area contributed by atoms with Crippen LogP contribution in [0.2, 0.25) is 5.02 Å². The maximum Gasteiger partial charge on any atom is 0.288 e. The maximum atomic E-state index is 11.4. The maximum absolute atomic E-state index is 11.4. The third kappa shape index (κ3) is 2.69. The van der Waals surface area contributed by atoms with Crippen LogP contribution in [0.5, 0.6) is 0 Å². The molecule has 0 atom stereocenters. The van der Waals surface area contributed by atoms with E-state index in [0.717, 1.165) is 33.1 Å². The Balaban J connectivity index is 1.88. The van der Waals surface area contributed by atoms with Crippen LogP contribution in [0.3, 0.4) is 0 Å². The van der Waals surface area contributed by atoms with Crippen LogP contribution in [0.1, 0.15) is 0 Å². The Hall–Kier alpha value is -3.63. The molecule has 0 N–H and O–H groups in total. The topological polar surface area (TPSA) is 48.1 Å². The average Bonchev–Trinajstić information content (AvgIpc) is 3.08. The minimum Gasteiger partial charge on any atom is -0.309 e. The van der Waals surface area contributed by atoms with Crippen molar-refractivity contribution in [2.24, 2.45) is 0 Å². The molecule has 4 aromatic carbocycles. The zero-order valence-corrected chi connectivity index (χ0v) is 16.0. The number of aromatic nitrogens is 1. The standard InChI is InChI=1S/C24H15ClN2O2/c25-24-19(11-7-15-23(24)27(28)29)18-10-3-6-14-22(18)26-20-12-4-1-8-16(20)17-9-2-5-13-21(17)26/h1-15H. The van der Waals surface area contributed by atoms with Gasteiger partial charge in [-0.3, -0.25) is 10.1 Å². The normalized spacial score (nSPS) is 11.2. The summed E-state index contributed by atoms with van der Waals surface area (Å²) in [5, 5.41) is 13.8. The zero-order chi connectivity index (χ0) is 20.0. The summed E-state index contributed by atoms with van der Waals surface area (Å²) in [5.41, 5.74) is 4.45. The Morgan fingerprint density at radius 1 is 0.690 bits per heavy atom. The number of nitro benzene ring substituents is 1. The van der Waals surface area contributed by atoms with Gasteiger partial charge in [0.2, 0.25) is 0 Å². The summed E-state index contributed by atoms with van der Waals surface area (Å²) in [7, 11) is 0. The molecule has 0 bridgehead atoms. The van der Waals surface area contributed by atoms with E-state index in [0.29, 0.717) is 5.56 Å². The van der Waals surface area contributed by atoms with E-state index in [-0.39, 0.29) is 10.7 Å². The van der Waals surface area contributed by atoms with Gasteiger partial charge in [0.1, 0.15) is 5.02 Å². The van der Waals surface area contributed by atoms with Crippen LogP contribution < -0.4 is 0 Å². The number of nitrogens with zero attached hydrogens (tertiary/aromatic N) is 2. The molecule has 5 heteroatoms. The molecule has 0 fully saturated rings. The highest BCUT2D eigenvalue weighted by Crippen LogP contribution is 2.40. The molecule has 0 aliphatic rings. The van der Waals surface area contributed by atoms with Crippen molar-refractivity contribution in [2.45, 2.75) is 0 Å². The van der Waals surface area contributed by atoms with Gasteiger partial charge in [0, 0.05) is 28.0 Å². The average molecular weight is 399 g/mol. The van der Waals surface area contributed by atoms with E-state index in [4.69, 9.17) is 11.6 Å². The molecule has 0 radical (unpaired) electrons. The number of benzene rings is 4. The summed E-state index contributed by atoms with van der Waals surface area (Å²) in [4.78, 5) is 10.9. The van der Waals surface area contributed by atoms with Crippen molar-refractivity contribution in [3.05, 3.63) is 106 Å². The molecule has 5 aromatic rings. The number of fused-ring (bicyclic) bond motifs is 3. The summed E-state index contributed by atoms with van der Waals surface area (Å²) in [6.07, 6.45) is 0. The zero-order valence-electron chi connectivity index (χ0n) is 15.2. The second-order valence-corrected chi connectivity index (χ2v) is 7.16. The predicted molar refractivity (Wildman–Crippen MR) is 118 cm³/mol. The summed E-state index contributed by atoms with van der Waals surface area (Å²) in [5.74, 6) is 0. The Morgan fingerprint density at radius 3 is 1.90 bits per heavy atom. The number of para-hydroxylation sites is 3. The monoisotopic (exact) mass is 398 g/mol. The van der Waals surface area contributed by atoms with Crippen LogP contribution in [0.4, 0.5) is 5.69 Å². The van der Waals surface area contributed by atoms with Gasteiger partial charge in [-0.1, -0.05) is 78.3 Å². The van der Waals surface area contributed by atoms with Gasteiger partial charge in [-0.2, -0.15) is 0 Å². The van der Waals surface area contributed by atoms with Crippen molar-refractivity contribution in [1.82, 2.24) is 4.57 Å². The van der Waals surface area contributed by atoms with Crippen molar-refractivity contribution in [2.75, 3.05) is 0 Å². The second kappa shape index (κ2) is 6.76. The number of hydrogen-bond acceptors (Lipinski definition) is 2. The number of nitro groups is 1. The third-order valence-corrected chi connectivity index (χ3v) is 5.59. The van der Waals surface area contributed by atoms with Crippen molar-refractivity contribution in [3.8, 4) is 16.8 Å². The van der Waals surface area contributed by atoms with E-state index in [2.05, 4.69) is 28.8 Å². The predicted octanol–water partition coefficient (Wildman–Crippen LogP) is 7.01. The highest BCUT2D eigenvalue weighted by molar-refractivity contribution is 6.35. The lowest BCUT2D eigenvalue weighted by atomic mass is 10.0. The quantitative estimate of drug-likeness (QED) is 0.242. The highest BCUT2D eigenvalue weighted by Gasteiger charge is 2.20. The first kappa shape index (κ1) is 17.5. The molecule has 0 saturated heterocycles. The molecule has 0 unspecified atom stereocenters.